The molecule has 0 aliphatic rings. The van der Waals surface area contributed by atoms with E-state index < -0.39 is 0 Å². The average Bonchev–Trinajstić information content (AvgIpc) is 2.39. The molecule has 0 aromatic heterocycles. The van der Waals surface area contributed by atoms with Crippen molar-refractivity contribution in [1.29, 1.82) is 0 Å². The van der Waals surface area contributed by atoms with Gasteiger partial charge in [-0.15, -0.1) is 0 Å². The molecular formula is C14H22ClNO2. The lowest BCUT2D eigenvalue weighted by Crippen LogP contribution is -2.36. The molecule has 1 rings (SSSR count). The Labute approximate surface area is 114 Å². The van der Waals surface area contributed by atoms with Crippen LogP contribution in [0.5, 0.6) is 0 Å². The molecule has 3 nitrogen and oxygen atoms in total. The van der Waals surface area contributed by atoms with Crippen molar-refractivity contribution < 1.29 is 9.84 Å². The monoisotopic (exact) mass is 271 g/mol. The Kier molecular flexibility index (Phi) is 6.47. The van der Waals surface area contributed by atoms with E-state index in [0.717, 1.165) is 24.2 Å². The van der Waals surface area contributed by atoms with Crippen LogP contribution in [-0.4, -0.2) is 31.4 Å². The van der Waals surface area contributed by atoms with Crippen LogP contribution in [0.1, 0.15) is 25.8 Å². The third-order valence-electron chi connectivity index (χ3n) is 3.18. The largest absolute Gasteiger partial charge is 0.392 e. The van der Waals surface area contributed by atoms with E-state index in [9.17, 15) is 5.11 Å². The minimum atomic E-state index is -0.00416. The fourth-order valence-electron chi connectivity index (χ4n) is 1.95. The van der Waals surface area contributed by atoms with Gasteiger partial charge < -0.3 is 14.7 Å². The van der Waals surface area contributed by atoms with Crippen molar-refractivity contribution in [2.24, 2.45) is 0 Å². The van der Waals surface area contributed by atoms with Gasteiger partial charge >= 0.3 is 0 Å². The zero-order chi connectivity index (χ0) is 13.5. The first-order chi connectivity index (χ1) is 8.63. The summed E-state index contributed by atoms with van der Waals surface area (Å²) in [6.07, 6.45) is 1.04. The number of methoxy groups -OCH3 is 1. The number of benzene rings is 1. The van der Waals surface area contributed by atoms with E-state index >= 15 is 0 Å². The van der Waals surface area contributed by atoms with E-state index in [1.54, 1.807) is 7.11 Å². The van der Waals surface area contributed by atoms with Gasteiger partial charge in [0.2, 0.25) is 0 Å². The van der Waals surface area contributed by atoms with Crippen LogP contribution in [0, 0.1) is 0 Å². The molecule has 1 aromatic carbocycles. The van der Waals surface area contributed by atoms with Gasteiger partial charge in [0.05, 0.1) is 13.2 Å². The van der Waals surface area contributed by atoms with E-state index in [1.165, 1.54) is 0 Å². The van der Waals surface area contributed by atoms with E-state index in [0.29, 0.717) is 17.7 Å². The highest BCUT2D eigenvalue weighted by molar-refractivity contribution is 6.30. The maximum absolute atomic E-state index is 9.46. The number of anilines is 1. The highest BCUT2D eigenvalue weighted by Crippen LogP contribution is 2.26. The second-order valence-electron chi connectivity index (χ2n) is 4.37. The number of halogens is 1. The van der Waals surface area contributed by atoms with Crippen LogP contribution in [0.25, 0.3) is 0 Å². The Morgan fingerprint density at radius 3 is 2.72 bits per heavy atom. The molecule has 0 saturated heterocycles. The summed E-state index contributed by atoms with van der Waals surface area (Å²) in [5.41, 5.74) is 1.90. The van der Waals surface area contributed by atoms with Crippen molar-refractivity contribution in [2.45, 2.75) is 32.9 Å². The lowest BCUT2D eigenvalue weighted by atomic mass is 10.1. The van der Waals surface area contributed by atoms with Crippen LogP contribution >= 0.6 is 11.6 Å². The molecule has 102 valence electrons. The number of rotatable bonds is 7. The number of nitrogens with zero attached hydrogens (tertiary/aromatic N) is 1. The average molecular weight is 272 g/mol. The van der Waals surface area contributed by atoms with Crippen LogP contribution in [0.3, 0.4) is 0 Å². The molecule has 4 heteroatoms. The Bertz CT molecular complexity index is 371. The van der Waals surface area contributed by atoms with E-state index in [1.807, 2.05) is 18.2 Å². The zero-order valence-electron chi connectivity index (χ0n) is 11.3. The van der Waals surface area contributed by atoms with Gasteiger partial charge in [0, 0.05) is 36.0 Å². The summed E-state index contributed by atoms with van der Waals surface area (Å²) in [6.45, 7) is 5.79. The summed E-state index contributed by atoms with van der Waals surface area (Å²) >= 11 is 5.96. The first-order valence-corrected chi connectivity index (χ1v) is 6.66. The predicted octanol–water partition coefficient (Wildman–Crippen LogP) is 3.08. The van der Waals surface area contributed by atoms with Gasteiger partial charge in [0.25, 0.3) is 0 Å². The highest BCUT2D eigenvalue weighted by Gasteiger charge is 2.16. The number of ether oxygens (including phenoxy) is 1. The van der Waals surface area contributed by atoms with Gasteiger partial charge in [0.1, 0.15) is 0 Å². The Morgan fingerprint density at radius 2 is 2.17 bits per heavy atom. The number of hydrogen-bond donors (Lipinski definition) is 1. The van der Waals surface area contributed by atoms with E-state index in [4.69, 9.17) is 16.3 Å². The van der Waals surface area contributed by atoms with Gasteiger partial charge in [-0.1, -0.05) is 18.5 Å². The molecule has 1 aromatic rings. The molecule has 0 radical (unpaired) electrons. The van der Waals surface area contributed by atoms with E-state index in [2.05, 4.69) is 18.7 Å². The summed E-state index contributed by atoms with van der Waals surface area (Å²) < 4.78 is 5.16. The van der Waals surface area contributed by atoms with Crippen LogP contribution < -0.4 is 4.90 Å². The minimum Gasteiger partial charge on any atom is -0.392 e. The molecule has 0 aliphatic heterocycles. The van der Waals surface area contributed by atoms with Crippen molar-refractivity contribution in [2.75, 3.05) is 25.2 Å². The van der Waals surface area contributed by atoms with Gasteiger partial charge in [-0.25, -0.2) is 0 Å². The lowest BCUT2D eigenvalue weighted by Gasteiger charge is -2.32. The normalized spacial score (nSPS) is 12.5. The van der Waals surface area contributed by atoms with Crippen LogP contribution in [0.15, 0.2) is 18.2 Å². The van der Waals surface area contributed by atoms with Crippen LogP contribution in [0.2, 0.25) is 5.02 Å². The van der Waals surface area contributed by atoms with Crippen molar-refractivity contribution in [1.82, 2.24) is 0 Å². The smallest absolute Gasteiger partial charge is 0.0702 e. The molecule has 18 heavy (non-hydrogen) atoms. The SMILES string of the molecule is CCC(C)N(CCOC)c1ccc(Cl)cc1CO. The second kappa shape index (κ2) is 7.62. The fraction of sp³-hybridized carbons (Fsp3) is 0.571. The summed E-state index contributed by atoms with van der Waals surface area (Å²) in [6, 6.07) is 6.04. The van der Waals surface area contributed by atoms with Gasteiger partial charge in [0.15, 0.2) is 0 Å². The fourth-order valence-corrected chi connectivity index (χ4v) is 2.14. The maximum atomic E-state index is 9.46. The standard InChI is InChI=1S/C14H22ClNO2/c1-4-11(2)16(7-8-18-3)14-6-5-13(15)9-12(14)10-17/h5-6,9,11,17H,4,7-8,10H2,1-3H3. The molecule has 0 amide bonds. The van der Waals surface area contributed by atoms with Gasteiger partial charge in [-0.2, -0.15) is 0 Å². The molecule has 0 aliphatic carbocycles. The maximum Gasteiger partial charge on any atom is 0.0702 e. The predicted molar refractivity (Wildman–Crippen MR) is 76.3 cm³/mol. The number of aliphatic hydroxyl groups is 1. The van der Waals surface area contributed by atoms with Gasteiger partial charge in [-0.3, -0.25) is 0 Å². The Morgan fingerprint density at radius 1 is 1.44 bits per heavy atom. The lowest BCUT2D eigenvalue weighted by molar-refractivity contribution is 0.203. The number of aliphatic hydroxyl groups excluding tert-OH is 1. The molecule has 1 atom stereocenters. The quantitative estimate of drug-likeness (QED) is 0.827. The summed E-state index contributed by atoms with van der Waals surface area (Å²) in [4.78, 5) is 2.26. The third-order valence-corrected chi connectivity index (χ3v) is 3.42. The molecule has 0 fully saturated rings. The summed E-state index contributed by atoms with van der Waals surface area (Å²) in [5.74, 6) is 0. The molecule has 1 unspecified atom stereocenters. The van der Waals surface area contributed by atoms with E-state index in [-0.39, 0.29) is 6.61 Å². The third kappa shape index (κ3) is 3.87. The van der Waals surface area contributed by atoms with Crippen molar-refractivity contribution >= 4 is 17.3 Å². The van der Waals surface area contributed by atoms with Crippen LogP contribution in [-0.2, 0) is 11.3 Å². The highest BCUT2D eigenvalue weighted by atomic mass is 35.5. The summed E-state index contributed by atoms with van der Waals surface area (Å²) in [7, 11) is 1.70. The minimum absolute atomic E-state index is 0.00416. The zero-order valence-corrected chi connectivity index (χ0v) is 12.1. The van der Waals surface area contributed by atoms with Crippen molar-refractivity contribution in [3.8, 4) is 0 Å². The van der Waals surface area contributed by atoms with Crippen LogP contribution in [0.4, 0.5) is 5.69 Å². The number of hydrogen-bond acceptors (Lipinski definition) is 3. The van der Waals surface area contributed by atoms with Crippen molar-refractivity contribution in [3.05, 3.63) is 28.8 Å². The summed E-state index contributed by atoms with van der Waals surface area (Å²) in [5, 5.41) is 10.1. The molecule has 0 heterocycles. The molecule has 0 bridgehead atoms. The Balaban J connectivity index is 3.03. The second-order valence-corrected chi connectivity index (χ2v) is 4.81. The first-order valence-electron chi connectivity index (χ1n) is 6.28. The molecule has 0 saturated carbocycles. The first kappa shape index (κ1) is 15.3. The van der Waals surface area contributed by atoms with Crippen molar-refractivity contribution in [3.63, 3.8) is 0 Å². The Hall–Kier alpha value is -0.770. The molecular weight excluding hydrogens is 250 g/mol. The molecule has 1 N–H and O–H groups in total. The molecule has 0 spiro atoms. The topological polar surface area (TPSA) is 32.7 Å². The van der Waals surface area contributed by atoms with Gasteiger partial charge in [-0.05, 0) is 31.5 Å².